The zero-order valence-corrected chi connectivity index (χ0v) is 9.01. The van der Waals surface area contributed by atoms with Gasteiger partial charge in [0.05, 0.1) is 0 Å². The summed E-state index contributed by atoms with van der Waals surface area (Å²) in [6.45, 7) is 0. The third-order valence-electron chi connectivity index (χ3n) is 2.37. The van der Waals surface area contributed by atoms with E-state index in [0.717, 1.165) is 0 Å². The number of nitrogens with zero attached hydrogens (tertiary/aromatic N) is 1. The molecule has 2 aromatic rings. The molecule has 5 nitrogen and oxygen atoms in total. The molecular formula is C12H11N3O2. The summed E-state index contributed by atoms with van der Waals surface area (Å²) in [7, 11) is 0. The summed E-state index contributed by atoms with van der Waals surface area (Å²) in [4.78, 5) is 28.6. The summed E-state index contributed by atoms with van der Waals surface area (Å²) in [5.74, 6) is 0.125. The third kappa shape index (κ3) is 2.57. The van der Waals surface area contributed by atoms with Crippen molar-refractivity contribution in [1.29, 1.82) is 0 Å². The number of ketones is 1. The van der Waals surface area contributed by atoms with Gasteiger partial charge in [0, 0.05) is 23.7 Å². The van der Waals surface area contributed by atoms with Gasteiger partial charge in [-0.25, -0.2) is 9.78 Å². The first kappa shape index (κ1) is 11.1. The van der Waals surface area contributed by atoms with Gasteiger partial charge in [-0.2, -0.15) is 0 Å². The maximum absolute atomic E-state index is 11.9. The number of H-pyrrole nitrogens is 1. The van der Waals surface area contributed by atoms with Crippen LogP contribution < -0.4 is 11.4 Å². The van der Waals surface area contributed by atoms with Crippen molar-refractivity contribution in [3.8, 4) is 0 Å². The molecule has 1 heterocycles. The number of nitrogens with two attached hydrogens (primary N) is 1. The number of nitrogen functional groups attached to an aromatic ring is 1. The number of hydrogen-bond donors (Lipinski definition) is 2. The number of aromatic nitrogens is 2. The summed E-state index contributed by atoms with van der Waals surface area (Å²) in [5.41, 5.74) is 6.22. The van der Waals surface area contributed by atoms with Crippen LogP contribution in [0, 0.1) is 0 Å². The molecule has 1 aromatic carbocycles. The average molecular weight is 229 g/mol. The number of Topliss-reactive ketones (excluding diaryl/α,β-unsaturated/α-hetero) is 1. The van der Waals surface area contributed by atoms with Crippen molar-refractivity contribution in [3.05, 3.63) is 58.1 Å². The second-order valence-electron chi connectivity index (χ2n) is 3.59. The molecule has 0 aliphatic heterocycles. The van der Waals surface area contributed by atoms with Crippen molar-refractivity contribution in [1.82, 2.24) is 9.97 Å². The Morgan fingerprint density at radius 1 is 1.29 bits per heavy atom. The molecule has 0 bridgehead atoms. The largest absolute Gasteiger partial charge is 0.385 e. The van der Waals surface area contributed by atoms with E-state index in [-0.39, 0.29) is 18.0 Å². The Kier molecular flexibility index (Phi) is 3.00. The minimum absolute atomic E-state index is 0.0638. The van der Waals surface area contributed by atoms with Gasteiger partial charge in [-0.05, 0) is 0 Å². The molecule has 0 aliphatic carbocycles. The Morgan fingerprint density at radius 3 is 2.65 bits per heavy atom. The SMILES string of the molecule is Nc1[nH]c(=O)ncc1CC(=O)c1ccccc1. The molecule has 0 saturated carbocycles. The number of aromatic amines is 1. The maximum Gasteiger partial charge on any atom is 0.346 e. The summed E-state index contributed by atoms with van der Waals surface area (Å²) in [5, 5.41) is 0. The van der Waals surface area contributed by atoms with Crippen molar-refractivity contribution < 1.29 is 4.79 Å². The molecule has 0 saturated heterocycles. The Balaban J connectivity index is 2.22. The average Bonchev–Trinajstić information content (AvgIpc) is 2.34. The van der Waals surface area contributed by atoms with Crippen LogP contribution in [0.1, 0.15) is 15.9 Å². The molecule has 2 rings (SSSR count). The Morgan fingerprint density at radius 2 is 2.00 bits per heavy atom. The third-order valence-corrected chi connectivity index (χ3v) is 2.37. The van der Waals surface area contributed by atoms with Gasteiger partial charge in [0.1, 0.15) is 5.82 Å². The highest BCUT2D eigenvalue weighted by atomic mass is 16.1. The monoisotopic (exact) mass is 229 g/mol. The molecule has 17 heavy (non-hydrogen) atoms. The van der Waals surface area contributed by atoms with Gasteiger partial charge in [0.25, 0.3) is 0 Å². The van der Waals surface area contributed by atoms with Crippen LogP contribution in [0.2, 0.25) is 0 Å². The Bertz CT molecular complexity index is 590. The minimum Gasteiger partial charge on any atom is -0.385 e. The van der Waals surface area contributed by atoms with Crippen molar-refractivity contribution >= 4 is 11.6 Å². The number of benzene rings is 1. The van der Waals surface area contributed by atoms with Crippen LogP contribution in [-0.4, -0.2) is 15.8 Å². The van der Waals surface area contributed by atoms with Crippen LogP contribution in [0.15, 0.2) is 41.3 Å². The van der Waals surface area contributed by atoms with Crippen molar-refractivity contribution in [2.75, 3.05) is 5.73 Å². The summed E-state index contributed by atoms with van der Waals surface area (Å²) < 4.78 is 0. The Hall–Kier alpha value is -2.43. The van der Waals surface area contributed by atoms with Gasteiger partial charge in [0.2, 0.25) is 0 Å². The predicted octanol–water partition coefficient (Wildman–Crippen LogP) is 0.777. The fourth-order valence-electron chi connectivity index (χ4n) is 1.47. The first-order valence-electron chi connectivity index (χ1n) is 5.09. The lowest BCUT2D eigenvalue weighted by atomic mass is 10.0. The van der Waals surface area contributed by atoms with Crippen molar-refractivity contribution in [3.63, 3.8) is 0 Å². The minimum atomic E-state index is -0.515. The van der Waals surface area contributed by atoms with Gasteiger partial charge < -0.3 is 5.73 Å². The van der Waals surface area contributed by atoms with Crippen LogP contribution in [0.25, 0.3) is 0 Å². The lowest BCUT2D eigenvalue weighted by molar-refractivity contribution is 0.0993. The first-order valence-corrected chi connectivity index (χ1v) is 5.09. The van der Waals surface area contributed by atoms with Crippen LogP contribution in [-0.2, 0) is 6.42 Å². The van der Waals surface area contributed by atoms with Gasteiger partial charge in [-0.15, -0.1) is 0 Å². The van der Waals surface area contributed by atoms with Crippen LogP contribution in [0.3, 0.4) is 0 Å². The molecule has 86 valence electrons. The number of rotatable bonds is 3. The summed E-state index contributed by atoms with van der Waals surface area (Å²) in [6.07, 6.45) is 1.45. The zero-order chi connectivity index (χ0) is 12.3. The molecule has 0 unspecified atom stereocenters. The molecule has 0 radical (unpaired) electrons. The fraction of sp³-hybridized carbons (Fsp3) is 0.0833. The Labute approximate surface area is 97.3 Å². The van der Waals surface area contributed by atoms with Crippen molar-refractivity contribution in [2.45, 2.75) is 6.42 Å². The number of carbonyl (C=O) groups is 1. The molecule has 0 atom stereocenters. The zero-order valence-electron chi connectivity index (χ0n) is 9.01. The topological polar surface area (TPSA) is 88.8 Å². The van der Waals surface area contributed by atoms with Crippen LogP contribution in [0.5, 0.6) is 0 Å². The predicted molar refractivity (Wildman–Crippen MR) is 63.7 cm³/mol. The molecule has 5 heteroatoms. The van der Waals surface area contributed by atoms with Gasteiger partial charge in [-0.1, -0.05) is 30.3 Å². The highest BCUT2D eigenvalue weighted by Gasteiger charge is 2.09. The second kappa shape index (κ2) is 4.61. The van der Waals surface area contributed by atoms with Gasteiger partial charge >= 0.3 is 5.69 Å². The standard InChI is InChI=1S/C12H11N3O2/c13-11-9(7-14-12(17)15-11)6-10(16)8-4-2-1-3-5-8/h1-5,7H,6H2,(H3,13,14,15,17). The van der Waals surface area contributed by atoms with E-state index in [1.807, 2.05) is 6.07 Å². The van der Waals surface area contributed by atoms with E-state index < -0.39 is 5.69 Å². The number of carbonyl (C=O) groups excluding carboxylic acids is 1. The highest BCUT2D eigenvalue weighted by molar-refractivity contribution is 5.97. The van der Waals surface area contributed by atoms with E-state index in [1.54, 1.807) is 24.3 Å². The maximum atomic E-state index is 11.9. The summed E-state index contributed by atoms with van der Waals surface area (Å²) in [6, 6.07) is 8.89. The first-order chi connectivity index (χ1) is 8.16. The van der Waals surface area contributed by atoms with E-state index in [9.17, 15) is 9.59 Å². The van der Waals surface area contributed by atoms with E-state index in [2.05, 4.69) is 9.97 Å². The fourth-order valence-corrected chi connectivity index (χ4v) is 1.47. The molecular weight excluding hydrogens is 218 g/mol. The van der Waals surface area contributed by atoms with E-state index in [4.69, 9.17) is 5.73 Å². The van der Waals surface area contributed by atoms with Gasteiger partial charge in [-0.3, -0.25) is 9.78 Å². The van der Waals surface area contributed by atoms with E-state index >= 15 is 0 Å². The molecule has 3 N–H and O–H groups in total. The smallest absolute Gasteiger partial charge is 0.346 e. The summed E-state index contributed by atoms with van der Waals surface area (Å²) >= 11 is 0. The van der Waals surface area contributed by atoms with Crippen molar-refractivity contribution in [2.24, 2.45) is 0 Å². The lowest BCUT2D eigenvalue weighted by Gasteiger charge is -2.03. The molecule has 0 amide bonds. The molecule has 0 spiro atoms. The molecule has 0 fully saturated rings. The van der Waals surface area contributed by atoms with E-state index in [1.165, 1.54) is 6.20 Å². The quantitative estimate of drug-likeness (QED) is 0.761. The van der Waals surface area contributed by atoms with Crippen LogP contribution in [0.4, 0.5) is 5.82 Å². The van der Waals surface area contributed by atoms with E-state index in [0.29, 0.717) is 11.1 Å². The second-order valence-corrected chi connectivity index (χ2v) is 3.59. The normalized spacial score (nSPS) is 10.1. The highest BCUT2D eigenvalue weighted by Crippen LogP contribution is 2.09. The number of anilines is 1. The lowest BCUT2D eigenvalue weighted by Crippen LogP contribution is -2.16. The number of hydrogen-bond acceptors (Lipinski definition) is 4. The number of nitrogens with one attached hydrogen (secondary N) is 1. The molecule has 1 aromatic heterocycles. The van der Waals surface area contributed by atoms with Crippen LogP contribution >= 0.6 is 0 Å². The van der Waals surface area contributed by atoms with Gasteiger partial charge in [0.15, 0.2) is 5.78 Å². The molecule has 0 aliphatic rings.